The molecule has 2 rings (SSSR count). The smallest absolute Gasteiger partial charge is 0.270 e. The van der Waals surface area contributed by atoms with Crippen molar-refractivity contribution in [3.05, 3.63) is 34.7 Å². The average Bonchev–Trinajstić information content (AvgIpc) is 2.73. The normalized spacial score (nSPS) is 10.8. The van der Waals surface area contributed by atoms with Gasteiger partial charge in [-0.1, -0.05) is 25.4 Å². The van der Waals surface area contributed by atoms with Crippen LogP contribution in [0.4, 0.5) is 0 Å². The van der Waals surface area contributed by atoms with Gasteiger partial charge < -0.3 is 5.32 Å². The summed E-state index contributed by atoms with van der Waals surface area (Å²) in [7, 11) is 0. The van der Waals surface area contributed by atoms with Crippen molar-refractivity contribution in [2.75, 3.05) is 6.54 Å². The molecule has 0 aliphatic rings. The van der Waals surface area contributed by atoms with E-state index < -0.39 is 0 Å². The van der Waals surface area contributed by atoms with Crippen molar-refractivity contribution in [3.8, 4) is 0 Å². The number of nitrogens with one attached hydrogen (secondary N) is 1. The first-order valence-corrected chi connectivity index (χ1v) is 6.49. The molecule has 1 N–H and O–H groups in total. The molecule has 0 spiro atoms. The summed E-state index contributed by atoms with van der Waals surface area (Å²) in [6, 6.07) is 3.52. The maximum Gasteiger partial charge on any atom is 0.270 e. The Balaban J connectivity index is 2.49. The minimum atomic E-state index is -0.0801. The van der Waals surface area contributed by atoms with Crippen molar-refractivity contribution >= 4 is 23.2 Å². The summed E-state index contributed by atoms with van der Waals surface area (Å²) < 4.78 is 1.79. The zero-order valence-corrected chi connectivity index (χ0v) is 11.3. The van der Waals surface area contributed by atoms with Crippen molar-refractivity contribution in [1.29, 1.82) is 0 Å². The van der Waals surface area contributed by atoms with Crippen LogP contribution in [0, 0.1) is 0 Å². The Morgan fingerprint density at radius 2 is 2.28 bits per heavy atom. The molecule has 2 aromatic heterocycles. The third kappa shape index (κ3) is 2.34. The monoisotopic (exact) mass is 265 g/mol. The number of halogens is 1. The highest BCUT2D eigenvalue weighted by Gasteiger charge is 2.17. The fourth-order valence-electron chi connectivity index (χ4n) is 1.88. The summed E-state index contributed by atoms with van der Waals surface area (Å²) >= 11 is 5.93. The second-order valence-corrected chi connectivity index (χ2v) is 4.53. The van der Waals surface area contributed by atoms with E-state index >= 15 is 0 Å². The molecule has 2 heterocycles. The van der Waals surface area contributed by atoms with Gasteiger partial charge in [-0.15, -0.1) is 0 Å². The molecule has 0 saturated carbocycles. The van der Waals surface area contributed by atoms with Gasteiger partial charge >= 0.3 is 0 Å². The Morgan fingerprint density at radius 3 is 2.94 bits per heavy atom. The van der Waals surface area contributed by atoms with Gasteiger partial charge in [-0.05, 0) is 18.9 Å². The van der Waals surface area contributed by atoms with Crippen molar-refractivity contribution in [2.45, 2.75) is 26.7 Å². The number of amides is 1. The molecule has 0 saturated heterocycles. The summed E-state index contributed by atoms with van der Waals surface area (Å²) in [6.45, 7) is 4.68. The molecule has 5 heteroatoms. The zero-order valence-electron chi connectivity index (χ0n) is 10.5. The topological polar surface area (TPSA) is 46.4 Å². The van der Waals surface area contributed by atoms with E-state index in [1.165, 1.54) is 0 Å². The highest BCUT2D eigenvalue weighted by atomic mass is 35.5. The second kappa shape index (κ2) is 5.40. The lowest BCUT2D eigenvalue weighted by Crippen LogP contribution is -2.26. The van der Waals surface area contributed by atoms with Crippen LogP contribution < -0.4 is 5.32 Å². The third-order valence-electron chi connectivity index (χ3n) is 2.75. The van der Waals surface area contributed by atoms with Gasteiger partial charge in [0, 0.05) is 23.8 Å². The number of aryl methyl sites for hydroxylation is 1. The largest absolute Gasteiger partial charge is 0.351 e. The Bertz CT molecular complexity index is 577. The Labute approximate surface area is 111 Å². The van der Waals surface area contributed by atoms with E-state index in [-0.39, 0.29) is 5.91 Å². The van der Waals surface area contributed by atoms with E-state index in [0.717, 1.165) is 12.1 Å². The van der Waals surface area contributed by atoms with Gasteiger partial charge in [0.05, 0.1) is 5.69 Å². The lowest BCUT2D eigenvalue weighted by molar-refractivity contribution is 0.0947. The Kier molecular flexibility index (Phi) is 3.87. The third-order valence-corrected chi connectivity index (χ3v) is 2.98. The number of hydrogen-bond donors (Lipinski definition) is 1. The van der Waals surface area contributed by atoms with Crippen LogP contribution in [-0.2, 0) is 6.42 Å². The second-order valence-electron chi connectivity index (χ2n) is 4.09. The van der Waals surface area contributed by atoms with Crippen LogP contribution >= 0.6 is 11.6 Å². The number of nitrogens with zero attached hydrogens (tertiary/aromatic N) is 2. The van der Waals surface area contributed by atoms with Crippen LogP contribution in [0.25, 0.3) is 5.65 Å². The molecular formula is C13H16ClN3O. The standard InChI is InChI=1S/C13H16ClN3O/c1-3-6-15-13(18)12-10(4-2)16-11-8-9(14)5-7-17(11)12/h5,7-8H,3-4,6H2,1-2H3,(H,15,18). The number of fused-ring (bicyclic) bond motifs is 1. The number of hydrogen-bond acceptors (Lipinski definition) is 2. The summed E-state index contributed by atoms with van der Waals surface area (Å²) in [5.74, 6) is -0.0801. The molecule has 96 valence electrons. The van der Waals surface area contributed by atoms with E-state index in [1.54, 1.807) is 22.7 Å². The Hall–Kier alpha value is -1.55. The van der Waals surface area contributed by atoms with E-state index in [2.05, 4.69) is 10.3 Å². The fourth-order valence-corrected chi connectivity index (χ4v) is 2.03. The molecule has 0 aliphatic carbocycles. The SMILES string of the molecule is CCCNC(=O)c1c(CC)nc2cc(Cl)ccn12. The number of pyridine rings is 1. The highest BCUT2D eigenvalue weighted by molar-refractivity contribution is 6.30. The van der Waals surface area contributed by atoms with Crippen LogP contribution in [0.5, 0.6) is 0 Å². The van der Waals surface area contributed by atoms with Crippen LogP contribution in [0.3, 0.4) is 0 Å². The quantitative estimate of drug-likeness (QED) is 0.924. The first-order chi connectivity index (χ1) is 8.67. The highest BCUT2D eigenvalue weighted by Crippen LogP contribution is 2.17. The van der Waals surface area contributed by atoms with Crippen molar-refractivity contribution in [1.82, 2.24) is 14.7 Å². The molecule has 0 bridgehead atoms. The Morgan fingerprint density at radius 1 is 1.50 bits per heavy atom. The maximum absolute atomic E-state index is 12.1. The first-order valence-electron chi connectivity index (χ1n) is 6.12. The minimum Gasteiger partial charge on any atom is -0.351 e. The zero-order chi connectivity index (χ0) is 13.1. The fraction of sp³-hybridized carbons (Fsp3) is 0.385. The van der Waals surface area contributed by atoms with Gasteiger partial charge in [0.25, 0.3) is 5.91 Å². The van der Waals surface area contributed by atoms with Crippen LogP contribution in [0.2, 0.25) is 5.02 Å². The van der Waals surface area contributed by atoms with Crippen LogP contribution in [0.15, 0.2) is 18.3 Å². The number of imidazole rings is 1. The van der Waals surface area contributed by atoms with Crippen molar-refractivity contribution < 1.29 is 4.79 Å². The van der Waals surface area contributed by atoms with Gasteiger partial charge in [-0.25, -0.2) is 4.98 Å². The summed E-state index contributed by atoms with van der Waals surface area (Å²) in [5, 5.41) is 3.50. The molecule has 1 amide bonds. The van der Waals surface area contributed by atoms with Gasteiger partial charge in [0.2, 0.25) is 0 Å². The van der Waals surface area contributed by atoms with Crippen molar-refractivity contribution in [3.63, 3.8) is 0 Å². The molecule has 0 fully saturated rings. The number of carbonyl (C=O) groups excluding carboxylic acids is 1. The molecule has 18 heavy (non-hydrogen) atoms. The molecule has 2 aromatic rings. The molecule has 0 unspecified atom stereocenters. The number of carbonyl (C=O) groups is 1. The van der Waals surface area contributed by atoms with Gasteiger partial charge in [-0.3, -0.25) is 9.20 Å². The van der Waals surface area contributed by atoms with Gasteiger partial charge in [-0.2, -0.15) is 0 Å². The number of rotatable bonds is 4. The first kappa shape index (κ1) is 12.9. The van der Waals surface area contributed by atoms with E-state index in [0.29, 0.717) is 29.3 Å². The van der Waals surface area contributed by atoms with Crippen LogP contribution in [-0.4, -0.2) is 21.8 Å². The van der Waals surface area contributed by atoms with E-state index in [4.69, 9.17) is 11.6 Å². The molecule has 0 aliphatic heterocycles. The van der Waals surface area contributed by atoms with Crippen molar-refractivity contribution in [2.24, 2.45) is 0 Å². The predicted octanol–water partition coefficient (Wildman–Crippen LogP) is 2.69. The summed E-state index contributed by atoms with van der Waals surface area (Å²) in [5.41, 5.74) is 2.12. The lowest BCUT2D eigenvalue weighted by atomic mass is 10.2. The molecule has 4 nitrogen and oxygen atoms in total. The van der Waals surface area contributed by atoms with E-state index in [9.17, 15) is 4.79 Å². The molecule has 0 atom stereocenters. The average molecular weight is 266 g/mol. The molecular weight excluding hydrogens is 250 g/mol. The predicted molar refractivity (Wildman–Crippen MR) is 72.2 cm³/mol. The van der Waals surface area contributed by atoms with Gasteiger partial charge in [0.15, 0.2) is 0 Å². The van der Waals surface area contributed by atoms with E-state index in [1.807, 2.05) is 13.8 Å². The molecule has 0 radical (unpaired) electrons. The summed E-state index contributed by atoms with van der Waals surface area (Å²) in [6.07, 6.45) is 3.41. The summed E-state index contributed by atoms with van der Waals surface area (Å²) in [4.78, 5) is 16.6. The van der Waals surface area contributed by atoms with Crippen LogP contribution in [0.1, 0.15) is 36.5 Å². The lowest BCUT2D eigenvalue weighted by Gasteiger charge is -2.05. The van der Waals surface area contributed by atoms with Gasteiger partial charge in [0.1, 0.15) is 11.3 Å². The minimum absolute atomic E-state index is 0.0801. The molecule has 0 aromatic carbocycles. The maximum atomic E-state index is 12.1. The number of aromatic nitrogens is 2.